The van der Waals surface area contributed by atoms with E-state index in [4.69, 9.17) is 5.73 Å². The average molecular weight is 196 g/mol. The van der Waals surface area contributed by atoms with Crippen LogP contribution in [0.3, 0.4) is 0 Å². The van der Waals surface area contributed by atoms with Crippen LogP contribution in [0.4, 0.5) is 0 Å². The summed E-state index contributed by atoms with van der Waals surface area (Å²) in [6.07, 6.45) is 8.29. The van der Waals surface area contributed by atoms with Crippen LogP contribution < -0.4 is 5.73 Å². The van der Waals surface area contributed by atoms with Crippen molar-refractivity contribution in [2.24, 2.45) is 11.7 Å². The number of nitrogens with two attached hydrogens (primary N) is 1. The standard InChI is InChI=1S/C12H24N2/c1-10-5-3-4-6-11(10)14(2)12(9-13)7-8-12/h10-11H,3-9,13H2,1-2H3. The van der Waals surface area contributed by atoms with Crippen molar-refractivity contribution in [3.05, 3.63) is 0 Å². The summed E-state index contributed by atoms with van der Waals surface area (Å²) in [4.78, 5) is 2.61. The van der Waals surface area contributed by atoms with Crippen molar-refractivity contribution in [1.82, 2.24) is 4.90 Å². The van der Waals surface area contributed by atoms with Gasteiger partial charge in [-0.1, -0.05) is 19.8 Å². The summed E-state index contributed by atoms with van der Waals surface area (Å²) in [7, 11) is 2.30. The molecule has 0 amide bonds. The Labute approximate surface area is 87.8 Å². The number of rotatable bonds is 3. The van der Waals surface area contributed by atoms with E-state index in [9.17, 15) is 0 Å². The molecule has 0 heterocycles. The molecule has 0 aromatic carbocycles. The molecule has 2 aliphatic carbocycles. The Kier molecular flexibility index (Phi) is 2.85. The van der Waals surface area contributed by atoms with Gasteiger partial charge >= 0.3 is 0 Å². The summed E-state index contributed by atoms with van der Waals surface area (Å²) in [5.41, 5.74) is 6.28. The van der Waals surface area contributed by atoms with E-state index in [2.05, 4.69) is 18.9 Å². The fraction of sp³-hybridized carbons (Fsp3) is 1.00. The molecule has 2 aliphatic rings. The van der Waals surface area contributed by atoms with Gasteiger partial charge in [-0.25, -0.2) is 0 Å². The lowest BCUT2D eigenvalue weighted by Crippen LogP contribution is -2.49. The topological polar surface area (TPSA) is 29.3 Å². The molecular weight excluding hydrogens is 172 g/mol. The molecular formula is C12H24N2. The zero-order valence-electron chi connectivity index (χ0n) is 9.63. The molecule has 0 bridgehead atoms. The van der Waals surface area contributed by atoms with Crippen LogP contribution in [0.1, 0.15) is 45.4 Å². The summed E-state index contributed by atoms with van der Waals surface area (Å²) in [6, 6.07) is 0.801. The van der Waals surface area contributed by atoms with Gasteiger partial charge in [-0.2, -0.15) is 0 Å². The first-order valence-corrected chi connectivity index (χ1v) is 6.13. The molecule has 0 radical (unpaired) electrons. The third-order valence-electron chi connectivity index (χ3n) is 4.52. The van der Waals surface area contributed by atoms with Gasteiger partial charge in [0.05, 0.1) is 0 Å². The lowest BCUT2D eigenvalue weighted by Gasteiger charge is -2.41. The molecule has 0 aromatic heterocycles. The van der Waals surface area contributed by atoms with Crippen molar-refractivity contribution in [3.8, 4) is 0 Å². The van der Waals surface area contributed by atoms with E-state index in [-0.39, 0.29) is 0 Å². The minimum atomic E-state index is 0.399. The highest BCUT2D eigenvalue weighted by Gasteiger charge is 2.48. The SMILES string of the molecule is CC1CCCCC1N(C)C1(CN)CC1. The molecule has 2 saturated carbocycles. The minimum absolute atomic E-state index is 0.399. The first kappa shape index (κ1) is 10.4. The molecule has 2 N–H and O–H groups in total. The van der Waals surface area contributed by atoms with Gasteiger partial charge in [0.1, 0.15) is 0 Å². The zero-order valence-corrected chi connectivity index (χ0v) is 9.63. The highest BCUT2D eigenvalue weighted by atomic mass is 15.2. The van der Waals surface area contributed by atoms with Crippen LogP contribution in [0, 0.1) is 5.92 Å². The van der Waals surface area contributed by atoms with E-state index < -0.39 is 0 Å². The minimum Gasteiger partial charge on any atom is -0.329 e. The van der Waals surface area contributed by atoms with Crippen LogP contribution in [-0.2, 0) is 0 Å². The molecule has 0 saturated heterocycles. The summed E-state index contributed by atoms with van der Waals surface area (Å²) in [5, 5.41) is 0. The first-order chi connectivity index (χ1) is 6.69. The van der Waals surface area contributed by atoms with Gasteiger partial charge in [-0.05, 0) is 38.6 Å². The third-order valence-corrected chi connectivity index (χ3v) is 4.52. The van der Waals surface area contributed by atoms with Crippen LogP contribution in [0.15, 0.2) is 0 Å². The van der Waals surface area contributed by atoms with Crippen LogP contribution in [0.5, 0.6) is 0 Å². The van der Waals surface area contributed by atoms with Gasteiger partial charge in [-0.3, -0.25) is 4.90 Å². The molecule has 82 valence electrons. The Bertz CT molecular complexity index is 198. The maximum atomic E-state index is 5.88. The van der Waals surface area contributed by atoms with Crippen molar-refractivity contribution in [2.45, 2.75) is 57.0 Å². The molecule has 14 heavy (non-hydrogen) atoms. The molecule has 2 rings (SSSR count). The monoisotopic (exact) mass is 196 g/mol. The van der Waals surface area contributed by atoms with Crippen molar-refractivity contribution in [3.63, 3.8) is 0 Å². The highest BCUT2D eigenvalue weighted by Crippen LogP contribution is 2.43. The van der Waals surface area contributed by atoms with Gasteiger partial charge in [0.25, 0.3) is 0 Å². The molecule has 2 nitrogen and oxygen atoms in total. The summed E-state index contributed by atoms with van der Waals surface area (Å²) in [6.45, 7) is 3.26. The largest absolute Gasteiger partial charge is 0.329 e. The normalized spacial score (nSPS) is 36.0. The van der Waals surface area contributed by atoms with Crippen molar-refractivity contribution in [2.75, 3.05) is 13.6 Å². The first-order valence-electron chi connectivity index (χ1n) is 6.13. The molecule has 2 fully saturated rings. The molecule has 2 unspecified atom stereocenters. The molecule has 0 spiro atoms. The van der Waals surface area contributed by atoms with Crippen LogP contribution >= 0.6 is 0 Å². The molecule has 0 aromatic rings. The maximum absolute atomic E-state index is 5.88. The highest BCUT2D eigenvalue weighted by molar-refractivity contribution is 5.06. The Balaban J connectivity index is 1.99. The molecule has 2 heteroatoms. The smallest absolute Gasteiger partial charge is 0.0333 e. The second kappa shape index (κ2) is 3.82. The Morgan fingerprint density at radius 1 is 1.29 bits per heavy atom. The maximum Gasteiger partial charge on any atom is 0.0333 e. The molecule has 0 aliphatic heterocycles. The lowest BCUT2D eigenvalue weighted by molar-refractivity contribution is 0.0872. The van der Waals surface area contributed by atoms with E-state index in [0.717, 1.165) is 18.5 Å². The van der Waals surface area contributed by atoms with Crippen molar-refractivity contribution < 1.29 is 0 Å². The van der Waals surface area contributed by atoms with E-state index >= 15 is 0 Å². The predicted molar refractivity (Wildman–Crippen MR) is 60.2 cm³/mol. The number of nitrogens with zero attached hydrogens (tertiary/aromatic N) is 1. The molecule has 2 atom stereocenters. The van der Waals surface area contributed by atoms with Crippen LogP contribution in [0.2, 0.25) is 0 Å². The fourth-order valence-electron chi connectivity index (χ4n) is 3.07. The van der Waals surface area contributed by atoms with Crippen LogP contribution in [0.25, 0.3) is 0 Å². The van der Waals surface area contributed by atoms with Gasteiger partial charge < -0.3 is 5.73 Å². The second-order valence-corrected chi connectivity index (χ2v) is 5.37. The average Bonchev–Trinajstić information content (AvgIpc) is 2.98. The third kappa shape index (κ3) is 1.70. The lowest BCUT2D eigenvalue weighted by atomic mass is 9.84. The van der Waals surface area contributed by atoms with Crippen molar-refractivity contribution >= 4 is 0 Å². The zero-order chi connectivity index (χ0) is 10.2. The van der Waals surface area contributed by atoms with Gasteiger partial charge in [-0.15, -0.1) is 0 Å². The van der Waals surface area contributed by atoms with Gasteiger partial charge in [0.2, 0.25) is 0 Å². The number of hydrogen-bond donors (Lipinski definition) is 1. The summed E-state index contributed by atoms with van der Waals surface area (Å²) in [5.74, 6) is 0.873. The van der Waals surface area contributed by atoms with Gasteiger partial charge in [0, 0.05) is 18.1 Å². The van der Waals surface area contributed by atoms with E-state index in [1.165, 1.54) is 38.5 Å². The van der Waals surface area contributed by atoms with Gasteiger partial charge in [0.15, 0.2) is 0 Å². The summed E-state index contributed by atoms with van der Waals surface area (Å²) < 4.78 is 0. The Morgan fingerprint density at radius 3 is 2.43 bits per heavy atom. The van der Waals surface area contributed by atoms with Crippen molar-refractivity contribution in [1.29, 1.82) is 0 Å². The number of hydrogen-bond acceptors (Lipinski definition) is 2. The number of likely N-dealkylation sites (N-methyl/N-ethyl adjacent to an activating group) is 1. The van der Waals surface area contributed by atoms with E-state index in [1.54, 1.807) is 0 Å². The van der Waals surface area contributed by atoms with Crippen LogP contribution in [-0.4, -0.2) is 30.1 Å². The Morgan fingerprint density at radius 2 is 1.93 bits per heavy atom. The predicted octanol–water partition coefficient (Wildman–Crippen LogP) is 1.99. The second-order valence-electron chi connectivity index (χ2n) is 5.37. The fourth-order valence-corrected chi connectivity index (χ4v) is 3.07. The van der Waals surface area contributed by atoms with E-state index in [1.807, 2.05) is 0 Å². The quantitative estimate of drug-likeness (QED) is 0.748. The Hall–Kier alpha value is -0.0800. The summed E-state index contributed by atoms with van der Waals surface area (Å²) >= 11 is 0. The van der Waals surface area contributed by atoms with E-state index in [0.29, 0.717) is 5.54 Å².